The van der Waals surface area contributed by atoms with Crippen molar-refractivity contribution in [1.29, 1.82) is 0 Å². The van der Waals surface area contributed by atoms with E-state index in [9.17, 15) is 5.11 Å². The van der Waals surface area contributed by atoms with Gasteiger partial charge in [-0.25, -0.2) is 0 Å². The van der Waals surface area contributed by atoms with Gasteiger partial charge in [0.15, 0.2) is 0 Å². The molecule has 0 aliphatic heterocycles. The third-order valence-corrected chi connectivity index (χ3v) is 7.56. The van der Waals surface area contributed by atoms with Crippen LogP contribution < -0.4 is 0 Å². The van der Waals surface area contributed by atoms with Crippen LogP contribution in [0.3, 0.4) is 0 Å². The van der Waals surface area contributed by atoms with Crippen molar-refractivity contribution in [3.63, 3.8) is 0 Å². The van der Waals surface area contributed by atoms with Crippen molar-refractivity contribution in [2.75, 3.05) is 0 Å². The Labute approximate surface area is 227 Å². The lowest BCUT2D eigenvalue weighted by Gasteiger charge is -2.34. The maximum Gasteiger partial charge on any atom is 0.141 e. The van der Waals surface area contributed by atoms with E-state index < -0.39 is 5.60 Å². The highest BCUT2D eigenvalue weighted by Gasteiger charge is 2.38. The third kappa shape index (κ3) is 4.66. The molecule has 2 heteroatoms. The number of hydrogen-bond acceptors (Lipinski definition) is 2. The van der Waals surface area contributed by atoms with Gasteiger partial charge in [0.05, 0.1) is 5.52 Å². The molecule has 4 aromatic carbocycles. The molecule has 0 fully saturated rings. The SMILES string of the molecule is CC(C)(C)c1ccc(C(O)(c2ccc(C(C)(C)C)cc2)c2c(-c3ccccc3)cnc3ccccc23)cc1. The summed E-state index contributed by atoms with van der Waals surface area (Å²) in [5.41, 5.74) is 6.42. The third-order valence-electron chi connectivity index (χ3n) is 7.56. The second-order valence-electron chi connectivity index (χ2n) is 12.3. The molecule has 1 N–H and O–H groups in total. The molecule has 0 unspecified atom stereocenters. The Hall–Kier alpha value is -3.75. The van der Waals surface area contributed by atoms with Crippen LogP contribution in [0.15, 0.2) is 109 Å². The molecule has 0 aliphatic carbocycles. The first kappa shape index (κ1) is 25.9. The minimum Gasteiger partial charge on any atom is -0.376 e. The summed E-state index contributed by atoms with van der Waals surface area (Å²) < 4.78 is 0. The summed E-state index contributed by atoms with van der Waals surface area (Å²) in [5.74, 6) is 0. The first-order chi connectivity index (χ1) is 18.0. The Morgan fingerprint density at radius 3 is 1.47 bits per heavy atom. The Morgan fingerprint density at radius 1 is 0.526 bits per heavy atom. The van der Waals surface area contributed by atoms with Gasteiger partial charge in [0.25, 0.3) is 0 Å². The standard InChI is InChI=1S/C36H37NO/c1-34(2,3)26-16-20-28(21-17-26)36(38,29-22-18-27(19-23-29)35(4,5)6)33-30-14-10-11-15-32(30)37-24-31(33)25-12-8-7-9-13-25/h7-24,38H,1-6H3. The van der Waals surface area contributed by atoms with Crippen LogP contribution in [0.25, 0.3) is 22.0 Å². The number of aliphatic hydroxyl groups is 1. The van der Waals surface area contributed by atoms with Crippen molar-refractivity contribution in [2.24, 2.45) is 0 Å². The lowest BCUT2D eigenvalue weighted by molar-refractivity contribution is 0.127. The summed E-state index contributed by atoms with van der Waals surface area (Å²) in [6.07, 6.45) is 1.91. The monoisotopic (exact) mass is 499 g/mol. The van der Waals surface area contributed by atoms with Gasteiger partial charge in [0, 0.05) is 22.7 Å². The van der Waals surface area contributed by atoms with Gasteiger partial charge >= 0.3 is 0 Å². The van der Waals surface area contributed by atoms with Crippen LogP contribution in [0.5, 0.6) is 0 Å². The van der Waals surface area contributed by atoms with Gasteiger partial charge in [-0.15, -0.1) is 0 Å². The number of hydrogen-bond donors (Lipinski definition) is 1. The molecule has 0 atom stereocenters. The quantitative estimate of drug-likeness (QED) is 0.268. The molecule has 192 valence electrons. The van der Waals surface area contributed by atoms with Crippen molar-refractivity contribution in [3.8, 4) is 11.1 Å². The Bertz CT molecular complexity index is 1490. The highest BCUT2D eigenvalue weighted by molar-refractivity contribution is 5.91. The van der Waals surface area contributed by atoms with E-state index in [-0.39, 0.29) is 10.8 Å². The van der Waals surface area contributed by atoms with Crippen LogP contribution in [0, 0.1) is 0 Å². The molecule has 0 bridgehead atoms. The zero-order valence-electron chi connectivity index (χ0n) is 23.3. The molecule has 0 radical (unpaired) electrons. The summed E-state index contributed by atoms with van der Waals surface area (Å²) >= 11 is 0. The van der Waals surface area contributed by atoms with Gasteiger partial charge in [0.2, 0.25) is 0 Å². The molecule has 1 aromatic heterocycles. The first-order valence-corrected chi connectivity index (χ1v) is 13.4. The largest absolute Gasteiger partial charge is 0.376 e. The molecule has 0 amide bonds. The van der Waals surface area contributed by atoms with Crippen LogP contribution in [0.1, 0.15) is 69.4 Å². The van der Waals surface area contributed by atoms with Gasteiger partial charge in [-0.1, -0.05) is 139 Å². The molecule has 0 aliphatic rings. The summed E-state index contributed by atoms with van der Waals surface area (Å²) in [4.78, 5) is 4.80. The van der Waals surface area contributed by atoms with Crippen molar-refractivity contribution in [3.05, 3.63) is 137 Å². The molecule has 1 heterocycles. The molecule has 5 rings (SSSR count). The zero-order chi connectivity index (χ0) is 27.1. The maximum absolute atomic E-state index is 13.1. The van der Waals surface area contributed by atoms with Gasteiger partial charge < -0.3 is 5.11 Å². The highest BCUT2D eigenvalue weighted by Crippen LogP contribution is 2.45. The predicted molar refractivity (Wildman–Crippen MR) is 160 cm³/mol. The summed E-state index contributed by atoms with van der Waals surface area (Å²) in [6, 6.07) is 35.3. The van der Waals surface area contributed by atoms with Crippen LogP contribution in [0.4, 0.5) is 0 Å². The average Bonchev–Trinajstić information content (AvgIpc) is 2.91. The van der Waals surface area contributed by atoms with Crippen LogP contribution in [-0.4, -0.2) is 10.1 Å². The lowest BCUT2D eigenvalue weighted by Crippen LogP contribution is -2.30. The number of para-hydroxylation sites is 1. The smallest absolute Gasteiger partial charge is 0.141 e. The number of rotatable bonds is 4. The van der Waals surface area contributed by atoms with Gasteiger partial charge in [-0.2, -0.15) is 0 Å². The van der Waals surface area contributed by atoms with E-state index in [4.69, 9.17) is 4.98 Å². The maximum atomic E-state index is 13.1. The molecule has 38 heavy (non-hydrogen) atoms. The van der Waals surface area contributed by atoms with Crippen LogP contribution in [0.2, 0.25) is 0 Å². The zero-order valence-corrected chi connectivity index (χ0v) is 23.3. The van der Waals surface area contributed by atoms with E-state index in [2.05, 4.69) is 108 Å². The fraction of sp³-hybridized carbons (Fsp3) is 0.250. The minimum absolute atomic E-state index is 0.0174. The van der Waals surface area contributed by atoms with Crippen molar-refractivity contribution >= 4 is 10.9 Å². The topological polar surface area (TPSA) is 33.1 Å². The molecule has 0 saturated carbocycles. The highest BCUT2D eigenvalue weighted by atomic mass is 16.3. The summed E-state index contributed by atoms with van der Waals surface area (Å²) in [7, 11) is 0. The van der Waals surface area contributed by atoms with Crippen molar-refractivity contribution in [2.45, 2.75) is 58.0 Å². The number of aromatic nitrogens is 1. The Balaban J connectivity index is 1.86. The van der Waals surface area contributed by atoms with Crippen molar-refractivity contribution in [1.82, 2.24) is 4.98 Å². The average molecular weight is 500 g/mol. The first-order valence-electron chi connectivity index (χ1n) is 13.4. The second kappa shape index (κ2) is 9.53. The van der Waals surface area contributed by atoms with E-state index in [1.807, 2.05) is 42.6 Å². The van der Waals surface area contributed by atoms with Gasteiger partial charge in [-0.3, -0.25) is 4.98 Å². The number of pyridine rings is 1. The van der Waals surface area contributed by atoms with E-state index in [1.54, 1.807) is 0 Å². The molecule has 5 aromatic rings. The Morgan fingerprint density at radius 2 is 0.974 bits per heavy atom. The Kier molecular flexibility index (Phi) is 6.49. The summed E-state index contributed by atoms with van der Waals surface area (Å²) in [6.45, 7) is 13.3. The molecule has 0 spiro atoms. The fourth-order valence-corrected chi connectivity index (χ4v) is 5.25. The van der Waals surface area contributed by atoms with Crippen LogP contribution in [-0.2, 0) is 16.4 Å². The number of benzene rings is 4. The van der Waals surface area contributed by atoms with Crippen molar-refractivity contribution < 1.29 is 5.11 Å². The van der Waals surface area contributed by atoms with E-state index >= 15 is 0 Å². The molecular weight excluding hydrogens is 462 g/mol. The lowest BCUT2D eigenvalue weighted by atomic mass is 9.74. The number of nitrogens with zero attached hydrogens (tertiary/aromatic N) is 1. The summed E-state index contributed by atoms with van der Waals surface area (Å²) in [5, 5.41) is 14.1. The molecule has 0 saturated heterocycles. The predicted octanol–water partition coefficient (Wildman–Crippen LogP) is 8.78. The van der Waals surface area contributed by atoms with Gasteiger partial charge in [0.1, 0.15) is 5.60 Å². The minimum atomic E-state index is -1.40. The molecular formula is C36H37NO. The normalized spacial score (nSPS) is 12.6. The van der Waals surface area contributed by atoms with E-state index in [0.29, 0.717) is 0 Å². The second-order valence-corrected chi connectivity index (χ2v) is 12.3. The van der Waals surface area contributed by atoms with Gasteiger partial charge in [-0.05, 0) is 44.7 Å². The number of fused-ring (bicyclic) bond motifs is 1. The van der Waals surface area contributed by atoms with E-state index in [1.165, 1.54) is 11.1 Å². The molecule has 2 nitrogen and oxygen atoms in total. The van der Waals surface area contributed by atoms with Crippen LogP contribution >= 0.6 is 0 Å². The van der Waals surface area contributed by atoms with E-state index in [0.717, 1.165) is 38.7 Å². The fourth-order valence-electron chi connectivity index (χ4n) is 5.25.